The lowest BCUT2D eigenvalue weighted by Gasteiger charge is -2.04. The topological polar surface area (TPSA) is 152 Å². The fourth-order valence-corrected chi connectivity index (χ4v) is 7.18. The van der Waals surface area contributed by atoms with Crippen LogP contribution in [0.2, 0.25) is 0 Å². The Morgan fingerprint density at radius 2 is 1.30 bits per heavy atom. The predicted molar refractivity (Wildman–Crippen MR) is 239 cm³/mol. The largest absolute Gasteiger partial charge is 0.359 e. The molecule has 0 aliphatic carbocycles. The number of alkyl halides is 2. The van der Waals surface area contributed by atoms with Gasteiger partial charge in [0.2, 0.25) is 17.7 Å². The molecule has 3 amide bonds. The van der Waals surface area contributed by atoms with Crippen LogP contribution < -0.4 is 5.32 Å². The van der Waals surface area contributed by atoms with Gasteiger partial charge in [0.25, 0.3) is 0 Å². The number of carbonyl (C=O) groups is 6. The molecular formula is C30H60BrClN2O8S8. The van der Waals surface area contributed by atoms with Gasteiger partial charge in [-0.15, -0.1) is 11.6 Å². The van der Waals surface area contributed by atoms with E-state index in [1.807, 2.05) is 31.3 Å². The van der Waals surface area contributed by atoms with E-state index in [0.717, 1.165) is 23.7 Å². The average Bonchev–Trinajstić information content (AvgIpc) is 3.30. The van der Waals surface area contributed by atoms with Crippen molar-refractivity contribution in [1.82, 2.24) is 10.2 Å². The molecule has 0 spiro atoms. The van der Waals surface area contributed by atoms with Crippen molar-refractivity contribution in [2.75, 3.05) is 92.9 Å². The van der Waals surface area contributed by atoms with Gasteiger partial charge < -0.3 is 5.32 Å². The van der Waals surface area contributed by atoms with Crippen LogP contribution in [0.4, 0.5) is 0 Å². The second-order valence-corrected chi connectivity index (χ2v) is 20.9. The van der Waals surface area contributed by atoms with Crippen LogP contribution in [-0.2, 0) is 38.6 Å². The Hall–Kier alpha value is 0.790. The van der Waals surface area contributed by atoms with Crippen molar-refractivity contribution < 1.29 is 37.2 Å². The Labute approximate surface area is 346 Å². The zero-order valence-electron chi connectivity index (χ0n) is 31.9. The molecule has 0 radical (unpaired) electrons. The van der Waals surface area contributed by atoms with Crippen LogP contribution in [0.5, 0.6) is 0 Å². The summed E-state index contributed by atoms with van der Waals surface area (Å²) in [5.74, 6) is 4.00. The minimum atomic E-state index is -2.71. The van der Waals surface area contributed by atoms with Gasteiger partial charge in [-0.2, -0.15) is 58.8 Å². The van der Waals surface area contributed by atoms with Crippen molar-refractivity contribution >= 4 is 153 Å². The molecule has 1 saturated heterocycles. The number of thioether (sulfide) groups is 5. The average molecular weight is 949 g/mol. The molecule has 1 aliphatic heterocycles. The van der Waals surface area contributed by atoms with Crippen molar-refractivity contribution in [2.24, 2.45) is 0 Å². The number of nitrogens with zero attached hydrogens (tertiary/aromatic N) is 1. The quantitative estimate of drug-likeness (QED) is 0.115. The van der Waals surface area contributed by atoms with E-state index in [0.29, 0.717) is 17.9 Å². The molecule has 1 fully saturated rings. The first-order valence-corrected chi connectivity index (χ1v) is 27.8. The molecule has 50 heavy (non-hydrogen) atoms. The van der Waals surface area contributed by atoms with Crippen LogP contribution in [0.1, 0.15) is 40.5 Å². The number of carbonyl (C=O) groups excluding carboxylic acids is 6. The summed E-state index contributed by atoms with van der Waals surface area (Å²) < 4.78 is 20.8. The SMILES string of the molecule is CNC(C)=O.CSC1CC(=O)N(C)C1=O.CSCC(Br)C(C)=O.CSCC(Cl)C(C)=O.CSCCC(C)=O.CSCCS(C)(=O)=O.CSSC. The lowest BCUT2D eigenvalue weighted by molar-refractivity contribution is -0.136. The number of nitrogens with one attached hydrogen (secondary N) is 1. The summed E-state index contributed by atoms with van der Waals surface area (Å²) in [6.45, 7) is 6.19. The Balaban J connectivity index is -0.000000115. The zero-order chi connectivity index (χ0) is 40.9. The molecule has 0 aromatic rings. The summed E-state index contributed by atoms with van der Waals surface area (Å²) >= 11 is 16.7. The smallest absolute Gasteiger partial charge is 0.242 e. The lowest BCUT2D eigenvalue weighted by atomic mass is 10.3. The van der Waals surface area contributed by atoms with E-state index in [1.54, 1.807) is 89.5 Å². The van der Waals surface area contributed by atoms with Crippen molar-refractivity contribution in [3.63, 3.8) is 0 Å². The van der Waals surface area contributed by atoms with Gasteiger partial charge in [0, 0.05) is 57.4 Å². The Kier molecular flexibility index (Phi) is 55.5. The van der Waals surface area contributed by atoms with Crippen molar-refractivity contribution in [1.29, 1.82) is 0 Å². The number of imide groups is 1. The standard InChI is InChI=1S/C6H9NO2S.C5H9BrOS.C5H9ClOS.C5H10OS.C4H10O2S2.C3H7NO.C2H6S2/c1-7-5(8)3-4(10-2)6(7)9;2*1-4(7)5(6)3-8-2;1-5(6)3-4-7-2;1-7-3-4-8(2,5)6;1-3(5)4-2;1-3-4-2/h4H,3H2,1-2H3;2*5H,3H2,1-2H3;3-4H2,1-2H3;3-4H2,1-2H3;1-2H3,(H,4,5);1-2H3. The van der Waals surface area contributed by atoms with Crippen LogP contribution in [0.25, 0.3) is 0 Å². The number of likely N-dealkylation sites (tertiary alicyclic amines) is 1. The van der Waals surface area contributed by atoms with Gasteiger partial charge in [-0.05, 0) is 70.3 Å². The van der Waals surface area contributed by atoms with Gasteiger partial charge >= 0.3 is 0 Å². The molecule has 1 rings (SSSR count). The highest BCUT2D eigenvalue weighted by molar-refractivity contribution is 9.10. The summed E-state index contributed by atoms with van der Waals surface area (Å²) in [5, 5.41) is 1.97. The summed E-state index contributed by atoms with van der Waals surface area (Å²) in [5.41, 5.74) is 0. The predicted octanol–water partition coefficient (Wildman–Crippen LogP) is 6.46. The molecule has 10 nitrogen and oxygen atoms in total. The Morgan fingerprint density at radius 3 is 1.42 bits per heavy atom. The van der Waals surface area contributed by atoms with Gasteiger partial charge in [-0.1, -0.05) is 37.5 Å². The molecule has 20 heteroatoms. The van der Waals surface area contributed by atoms with E-state index >= 15 is 0 Å². The molecule has 1 N–H and O–H groups in total. The Bertz CT molecular complexity index is 992. The van der Waals surface area contributed by atoms with E-state index in [-0.39, 0.29) is 50.5 Å². The first kappa shape index (κ1) is 62.8. The summed E-state index contributed by atoms with van der Waals surface area (Å²) in [4.78, 5) is 63.9. The van der Waals surface area contributed by atoms with E-state index < -0.39 is 9.84 Å². The maximum absolute atomic E-state index is 11.0. The maximum atomic E-state index is 11.0. The van der Waals surface area contributed by atoms with Crippen molar-refractivity contribution in [3.05, 3.63) is 0 Å². The first-order valence-electron chi connectivity index (χ1n) is 14.5. The molecular weight excluding hydrogens is 888 g/mol. The number of sulfone groups is 1. The van der Waals surface area contributed by atoms with Crippen LogP contribution in [-0.4, -0.2) is 157 Å². The molecule has 3 unspecified atom stereocenters. The summed E-state index contributed by atoms with van der Waals surface area (Å²) in [6.07, 6.45) is 16.1. The fourth-order valence-electron chi connectivity index (χ4n) is 1.91. The van der Waals surface area contributed by atoms with Crippen LogP contribution in [0.3, 0.4) is 0 Å². The van der Waals surface area contributed by atoms with Gasteiger partial charge in [-0.3, -0.25) is 33.7 Å². The molecule has 1 aliphatic rings. The molecule has 0 saturated carbocycles. The van der Waals surface area contributed by atoms with Crippen LogP contribution in [0, 0.1) is 0 Å². The molecule has 300 valence electrons. The van der Waals surface area contributed by atoms with E-state index in [4.69, 9.17) is 11.6 Å². The molecule has 0 aromatic heterocycles. The van der Waals surface area contributed by atoms with Crippen molar-refractivity contribution in [3.8, 4) is 0 Å². The van der Waals surface area contributed by atoms with Gasteiger partial charge in [-0.25, -0.2) is 8.42 Å². The van der Waals surface area contributed by atoms with Crippen LogP contribution in [0.15, 0.2) is 0 Å². The molecule has 0 aromatic carbocycles. The third-order valence-corrected chi connectivity index (χ3v) is 13.0. The third-order valence-electron chi connectivity index (χ3n) is 4.97. The van der Waals surface area contributed by atoms with Crippen molar-refractivity contribution in [2.45, 2.75) is 56.0 Å². The second-order valence-electron chi connectivity index (χ2n) is 9.49. The maximum Gasteiger partial charge on any atom is 0.242 e. The first-order chi connectivity index (χ1) is 23.0. The van der Waals surface area contributed by atoms with E-state index in [2.05, 4.69) is 33.8 Å². The number of amides is 3. The number of halogens is 2. The van der Waals surface area contributed by atoms with Gasteiger partial charge in [0.15, 0.2) is 0 Å². The second kappa shape index (κ2) is 44.2. The lowest BCUT2D eigenvalue weighted by Crippen LogP contribution is -2.26. The zero-order valence-corrected chi connectivity index (χ0v) is 40.8. The highest BCUT2D eigenvalue weighted by atomic mass is 79.9. The van der Waals surface area contributed by atoms with Crippen LogP contribution >= 0.6 is 108 Å². The van der Waals surface area contributed by atoms with E-state index in [1.165, 1.54) is 43.8 Å². The highest BCUT2D eigenvalue weighted by Gasteiger charge is 2.35. The number of rotatable bonds is 14. The minimum absolute atomic E-state index is 0.00463. The molecule has 1 heterocycles. The van der Waals surface area contributed by atoms with Gasteiger partial charge in [0.1, 0.15) is 32.6 Å². The monoisotopic (exact) mass is 946 g/mol. The van der Waals surface area contributed by atoms with E-state index in [9.17, 15) is 37.2 Å². The number of hydrogen-bond acceptors (Lipinski definition) is 15. The Morgan fingerprint density at radius 1 is 0.860 bits per heavy atom. The van der Waals surface area contributed by atoms with Gasteiger partial charge in [0.05, 0.1) is 15.8 Å². The number of Topliss-reactive ketones (excluding diaryl/α,β-unsaturated/α-hetero) is 3. The molecule has 0 bridgehead atoms. The summed E-state index contributed by atoms with van der Waals surface area (Å²) in [6, 6.07) is 0. The number of ketones is 3. The summed E-state index contributed by atoms with van der Waals surface area (Å²) in [7, 11) is 3.97. The minimum Gasteiger partial charge on any atom is -0.359 e. The molecule has 3 atom stereocenters. The number of hydrogen-bond donors (Lipinski definition) is 1. The fraction of sp³-hybridized carbons (Fsp3) is 0.800. The normalized spacial score (nSPS) is 13.9. The third kappa shape index (κ3) is 55.5. The highest BCUT2D eigenvalue weighted by Crippen LogP contribution is 2.21.